The molecule has 0 aliphatic carbocycles. The molecule has 1 fully saturated rings. The largest absolute Gasteiger partial charge is 0.374 e. The van der Waals surface area contributed by atoms with Gasteiger partial charge in [-0.1, -0.05) is 13.8 Å². The van der Waals surface area contributed by atoms with E-state index in [1.807, 2.05) is 12.1 Å². The number of hydrogen-bond acceptors (Lipinski definition) is 4. The highest BCUT2D eigenvalue weighted by molar-refractivity contribution is 5.73. The Morgan fingerprint density at radius 1 is 1.39 bits per heavy atom. The van der Waals surface area contributed by atoms with Gasteiger partial charge in [-0.25, -0.2) is 4.79 Å². The van der Waals surface area contributed by atoms with Crippen LogP contribution in [0, 0.1) is 5.92 Å². The molecular weight excluding hydrogens is 292 g/mol. The van der Waals surface area contributed by atoms with E-state index in [-0.39, 0.29) is 12.1 Å². The number of carbonyl (C=O) groups excluding carboxylic acids is 1. The first-order valence-corrected chi connectivity index (χ1v) is 8.38. The Morgan fingerprint density at radius 2 is 2.17 bits per heavy atom. The number of rotatable bonds is 7. The Bertz CT molecular complexity index is 467. The molecule has 1 saturated heterocycles. The number of amides is 2. The van der Waals surface area contributed by atoms with Crippen molar-refractivity contribution in [2.75, 3.05) is 39.3 Å². The summed E-state index contributed by atoms with van der Waals surface area (Å²) in [5.41, 5.74) is 1.17. The summed E-state index contributed by atoms with van der Waals surface area (Å²) in [5, 5.41) is 5.77. The molecule has 0 aromatic carbocycles. The minimum Gasteiger partial charge on any atom is -0.374 e. The average Bonchev–Trinajstić information content (AvgIpc) is 2.54. The quantitative estimate of drug-likeness (QED) is 0.794. The van der Waals surface area contributed by atoms with E-state index in [1.54, 1.807) is 12.4 Å². The van der Waals surface area contributed by atoms with Crippen molar-refractivity contribution in [2.45, 2.75) is 26.4 Å². The third kappa shape index (κ3) is 6.97. The molecule has 1 atom stereocenters. The molecular formula is C17H28N4O2. The van der Waals surface area contributed by atoms with Gasteiger partial charge in [-0.2, -0.15) is 0 Å². The molecule has 2 N–H and O–H groups in total. The van der Waals surface area contributed by atoms with E-state index in [2.05, 4.69) is 34.4 Å². The van der Waals surface area contributed by atoms with Gasteiger partial charge in [0, 0.05) is 45.1 Å². The van der Waals surface area contributed by atoms with E-state index in [4.69, 9.17) is 4.74 Å². The normalized spacial score (nSPS) is 18.8. The summed E-state index contributed by atoms with van der Waals surface area (Å²) >= 11 is 0. The van der Waals surface area contributed by atoms with Crippen molar-refractivity contribution < 1.29 is 9.53 Å². The Morgan fingerprint density at radius 3 is 2.91 bits per heavy atom. The third-order valence-electron chi connectivity index (χ3n) is 3.79. The van der Waals surface area contributed by atoms with E-state index in [0.717, 1.165) is 32.7 Å². The molecule has 2 heterocycles. The highest BCUT2D eigenvalue weighted by Gasteiger charge is 2.21. The maximum absolute atomic E-state index is 11.8. The van der Waals surface area contributed by atoms with Gasteiger partial charge in [0.2, 0.25) is 0 Å². The summed E-state index contributed by atoms with van der Waals surface area (Å²) < 4.78 is 5.72. The summed E-state index contributed by atoms with van der Waals surface area (Å²) in [7, 11) is 0. The monoisotopic (exact) mass is 320 g/mol. The topological polar surface area (TPSA) is 66.5 Å². The SMILES string of the molecule is CC(C)CN1CCO[C@H](CNC(=O)NCCc2ccncc2)C1. The fourth-order valence-corrected chi connectivity index (χ4v) is 2.72. The zero-order chi connectivity index (χ0) is 16.5. The maximum atomic E-state index is 11.8. The van der Waals surface area contributed by atoms with E-state index in [0.29, 0.717) is 19.0 Å². The molecule has 0 bridgehead atoms. The van der Waals surface area contributed by atoms with Crippen LogP contribution in [0.1, 0.15) is 19.4 Å². The van der Waals surface area contributed by atoms with Crippen LogP contribution >= 0.6 is 0 Å². The van der Waals surface area contributed by atoms with Crippen LogP contribution in [0.5, 0.6) is 0 Å². The number of aromatic nitrogens is 1. The third-order valence-corrected chi connectivity index (χ3v) is 3.79. The molecule has 0 unspecified atom stereocenters. The Balaban J connectivity index is 1.60. The second-order valence-corrected chi connectivity index (χ2v) is 6.39. The zero-order valence-corrected chi connectivity index (χ0v) is 14.1. The van der Waals surface area contributed by atoms with Crippen molar-refractivity contribution in [3.8, 4) is 0 Å². The van der Waals surface area contributed by atoms with Gasteiger partial charge < -0.3 is 15.4 Å². The van der Waals surface area contributed by atoms with Crippen LogP contribution in [-0.4, -0.2) is 61.3 Å². The predicted molar refractivity (Wildman–Crippen MR) is 90.4 cm³/mol. The number of ether oxygens (including phenoxy) is 1. The number of carbonyl (C=O) groups is 1. The first kappa shape index (κ1) is 17.7. The fraction of sp³-hybridized carbons (Fsp3) is 0.647. The number of urea groups is 1. The zero-order valence-electron chi connectivity index (χ0n) is 14.1. The van der Waals surface area contributed by atoms with Crippen LogP contribution in [0.2, 0.25) is 0 Å². The molecule has 1 aromatic rings. The predicted octanol–water partition coefficient (Wildman–Crippen LogP) is 1.28. The smallest absolute Gasteiger partial charge is 0.314 e. The molecule has 1 aliphatic heterocycles. The highest BCUT2D eigenvalue weighted by Crippen LogP contribution is 2.07. The molecule has 0 saturated carbocycles. The number of nitrogens with one attached hydrogen (secondary N) is 2. The van der Waals surface area contributed by atoms with Crippen molar-refractivity contribution in [1.29, 1.82) is 0 Å². The van der Waals surface area contributed by atoms with Crippen LogP contribution in [0.4, 0.5) is 4.79 Å². The van der Waals surface area contributed by atoms with Crippen molar-refractivity contribution in [1.82, 2.24) is 20.5 Å². The van der Waals surface area contributed by atoms with Gasteiger partial charge in [0.15, 0.2) is 0 Å². The molecule has 6 nitrogen and oxygen atoms in total. The molecule has 6 heteroatoms. The van der Waals surface area contributed by atoms with Gasteiger partial charge in [0.1, 0.15) is 0 Å². The maximum Gasteiger partial charge on any atom is 0.314 e. The minimum atomic E-state index is -0.136. The first-order chi connectivity index (χ1) is 11.1. The van der Waals surface area contributed by atoms with Gasteiger partial charge in [-0.15, -0.1) is 0 Å². The molecule has 1 aromatic heterocycles. The minimum absolute atomic E-state index is 0.0773. The lowest BCUT2D eigenvalue weighted by Gasteiger charge is -2.33. The lowest BCUT2D eigenvalue weighted by atomic mass is 10.2. The second kappa shape index (κ2) is 9.47. The number of morpholine rings is 1. The molecule has 23 heavy (non-hydrogen) atoms. The van der Waals surface area contributed by atoms with Crippen LogP contribution in [-0.2, 0) is 11.2 Å². The summed E-state index contributed by atoms with van der Waals surface area (Å²) in [5.74, 6) is 0.651. The number of pyridine rings is 1. The Labute approximate surface area is 138 Å². The molecule has 0 radical (unpaired) electrons. The van der Waals surface area contributed by atoms with Gasteiger partial charge in [0.25, 0.3) is 0 Å². The number of nitrogens with zero attached hydrogens (tertiary/aromatic N) is 2. The lowest BCUT2D eigenvalue weighted by Crippen LogP contribution is -2.49. The van der Waals surface area contributed by atoms with E-state index in [1.165, 1.54) is 5.56 Å². The average molecular weight is 320 g/mol. The molecule has 1 aliphatic rings. The summed E-state index contributed by atoms with van der Waals surface area (Å²) in [6.45, 7) is 9.29. The summed E-state index contributed by atoms with van der Waals surface area (Å²) in [6, 6.07) is 3.78. The van der Waals surface area contributed by atoms with Crippen LogP contribution in [0.25, 0.3) is 0 Å². The van der Waals surface area contributed by atoms with Crippen molar-refractivity contribution >= 4 is 6.03 Å². The van der Waals surface area contributed by atoms with Gasteiger partial charge in [-0.3, -0.25) is 9.88 Å². The first-order valence-electron chi connectivity index (χ1n) is 8.38. The molecule has 2 amide bonds. The van der Waals surface area contributed by atoms with Gasteiger partial charge in [0.05, 0.1) is 12.7 Å². The second-order valence-electron chi connectivity index (χ2n) is 6.39. The fourth-order valence-electron chi connectivity index (χ4n) is 2.72. The van der Waals surface area contributed by atoms with Gasteiger partial charge >= 0.3 is 6.03 Å². The van der Waals surface area contributed by atoms with Crippen molar-refractivity contribution in [3.63, 3.8) is 0 Å². The molecule has 0 spiro atoms. The van der Waals surface area contributed by atoms with Crippen LogP contribution in [0.3, 0.4) is 0 Å². The van der Waals surface area contributed by atoms with Crippen LogP contribution < -0.4 is 10.6 Å². The Hall–Kier alpha value is -1.66. The van der Waals surface area contributed by atoms with E-state index in [9.17, 15) is 4.79 Å². The Kier molecular flexibility index (Phi) is 7.29. The number of hydrogen-bond donors (Lipinski definition) is 2. The summed E-state index contributed by atoms with van der Waals surface area (Å²) in [4.78, 5) is 18.2. The lowest BCUT2D eigenvalue weighted by molar-refractivity contribution is -0.0290. The van der Waals surface area contributed by atoms with Gasteiger partial charge in [-0.05, 0) is 30.0 Å². The molecule has 2 rings (SSSR count). The van der Waals surface area contributed by atoms with E-state index < -0.39 is 0 Å². The highest BCUT2D eigenvalue weighted by atomic mass is 16.5. The summed E-state index contributed by atoms with van der Waals surface area (Å²) in [6.07, 6.45) is 4.41. The molecule has 128 valence electrons. The van der Waals surface area contributed by atoms with Crippen molar-refractivity contribution in [3.05, 3.63) is 30.1 Å². The van der Waals surface area contributed by atoms with E-state index >= 15 is 0 Å². The van der Waals surface area contributed by atoms with Crippen molar-refractivity contribution in [2.24, 2.45) is 5.92 Å². The van der Waals surface area contributed by atoms with Crippen LogP contribution in [0.15, 0.2) is 24.5 Å². The standard InChI is InChI=1S/C17H28N4O2/c1-14(2)12-21-9-10-23-16(13-21)11-20-17(22)19-8-5-15-3-6-18-7-4-15/h3-4,6-7,14,16H,5,8-13H2,1-2H3,(H2,19,20,22)/t16-/m1/s1.